The maximum Gasteiger partial charge on any atom is 0.294 e. The zero-order chi connectivity index (χ0) is 21.4. The SMILES string of the molecule is Cc1ccc(NC(=O)CN2C(=O)SC(=Cc3c(C)n(C)c4ccccc34)C2=O)cc1. The number of aromatic nitrogens is 1. The minimum Gasteiger partial charge on any atom is -0.347 e. The Bertz CT molecular complexity index is 1210. The molecule has 3 amide bonds. The molecular formula is C23H21N3O3S. The summed E-state index contributed by atoms with van der Waals surface area (Å²) in [6.45, 7) is 3.62. The Morgan fingerprint density at radius 3 is 2.50 bits per heavy atom. The molecule has 0 radical (unpaired) electrons. The van der Waals surface area contributed by atoms with Crippen LogP contribution in [-0.2, 0) is 16.6 Å². The lowest BCUT2D eigenvalue weighted by atomic mass is 10.1. The van der Waals surface area contributed by atoms with Gasteiger partial charge >= 0.3 is 0 Å². The van der Waals surface area contributed by atoms with Crippen molar-refractivity contribution in [2.24, 2.45) is 7.05 Å². The Kier molecular flexibility index (Phi) is 5.22. The van der Waals surface area contributed by atoms with Gasteiger partial charge in [-0.15, -0.1) is 0 Å². The van der Waals surface area contributed by atoms with Crippen LogP contribution in [0.1, 0.15) is 16.8 Å². The Morgan fingerprint density at radius 1 is 1.07 bits per heavy atom. The number of nitrogens with one attached hydrogen (secondary N) is 1. The fourth-order valence-corrected chi connectivity index (χ4v) is 4.30. The molecule has 0 bridgehead atoms. The van der Waals surface area contributed by atoms with Gasteiger partial charge in [0.05, 0.1) is 4.91 Å². The largest absolute Gasteiger partial charge is 0.347 e. The molecule has 1 saturated heterocycles. The predicted molar refractivity (Wildman–Crippen MR) is 120 cm³/mol. The number of hydrogen-bond donors (Lipinski definition) is 1. The molecule has 0 aliphatic carbocycles. The first-order valence-corrected chi connectivity index (χ1v) is 10.3. The molecule has 7 heteroatoms. The van der Waals surface area contributed by atoms with Crippen LogP contribution in [0.3, 0.4) is 0 Å². The van der Waals surface area contributed by atoms with E-state index in [1.165, 1.54) is 0 Å². The third kappa shape index (κ3) is 3.64. The molecule has 1 aromatic heterocycles. The summed E-state index contributed by atoms with van der Waals surface area (Å²) in [5.74, 6) is -0.861. The van der Waals surface area contributed by atoms with Crippen LogP contribution in [0, 0.1) is 13.8 Å². The molecule has 4 rings (SSSR count). The van der Waals surface area contributed by atoms with E-state index >= 15 is 0 Å². The zero-order valence-corrected chi connectivity index (χ0v) is 17.7. The number of rotatable bonds is 4. The van der Waals surface area contributed by atoms with Gasteiger partial charge in [0.25, 0.3) is 11.1 Å². The monoisotopic (exact) mass is 419 g/mol. The lowest BCUT2D eigenvalue weighted by Crippen LogP contribution is -2.36. The molecule has 6 nitrogen and oxygen atoms in total. The molecule has 0 unspecified atom stereocenters. The number of imide groups is 1. The van der Waals surface area contributed by atoms with E-state index in [1.807, 2.05) is 57.3 Å². The van der Waals surface area contributed by atoms with Crippen LogP contribution in [0.2, 0.25) is 0 Å². The van der Waals surface area contributed by atoms with Gasteiger partial charge < -0.3 is 9.88 Å². The lowest BCUT2D eigenvalue weighted by Gasteiger charge is -2.12. The van der Waals surface area contributed by atoms with Crippen LogP contribution in [-0.4, -0.2) is 33.1 Å². The van der Waals surface area contributed by atoms with E-state index in [1.54, 1.807) is 18.2 Å². The van der Waals surface area contributed by atoms with Gasteiger partial charge in [0.15, 0.2) is 0 Å². The summed E-state index contributed by atoms with van der Waals surface area (Å²) in [4.78, 5) is 38.9. The maximum absolute atomic E-state index is 12.8. The number of anilines is 1. The minimum atomic E-state index is -0.448. The molecule has 1 fully saturated rings. The fourth-order valence-electron chi connectivity index (χ4n) is 3.48. The number of benzene rings is 2. The second-order valence-corrected chi connectivity index (χ2v) is 8.25. The summed E-state index contributed by atoms with van der Waals surface area (Å²) in [7, 11) is 1.97. The summed E-state index contributed by atoms with van der Waals surface area (Å²) in [5, 5.41) is 3.29. The fraction of sp³-hybridized carbons (Fsp3) is 0.174. The lowest BCUT2D eigenvalue weighted by molar-refractivity contribution is -0.127. The highest BCUT2D eigenvalue weighted by Crippen LogP contribution is 2.35. The third-order valence-corrected chi connectivity index (χ3v) is 6.14. The van der Waals surface area contributed by atoms with Crippen molar-refractivity contribution in [3.63, 3.8) is 0 Å². The standard InChI is InChI=1S/C23H21N3O3S/c1-14-8-10-16(11-9-14)24-21(27)13-26-22(28)20(30-23(26)29)12-18-15(2)25(3)19-7-5-4-6-17(18)19/h4-12H,13H2,1-3H3,(H,24,27). The molecular weight excluding hydrogens is 398 g/mol. The van der Waals surface area contributed by atoms with Gasteiger partial charge in [0.1, 0.15) is 6.54 Å². The number of amides is 3. The number of hydrogen-bond acceptors (Lipinski definition) is 4. The molecule has 30 heavy (non-hydrogen) atoms. The minimum absolute atomic E-state index is 0.315. The molecule has 2 aromatic carbocycles. The maximum atomic E-state index is 12.8. The molecule has 1 aliphatic heterocycles. The molecule has 0 spiro atoms. The predicted octanol–water partition coefficient (Wildman–Crippen LogP) is 4.47. The summed E-state index contributed by atoms with van der Waals surface area (Å²) in [5.41, 5.74) is 4.66. The van der Waals surface area contributed by atoms with Crippen molar-refractivity contribution in [3.05, 3.63) is 70.3 Å². The number of para-hydroxylation sites is 1. The quantitative estimate of drug-likeness (QED) is 0.634. The number of carbonyl (C=O) groups is 3. The average Bonchev–Trinajstić information content (AvgIpc) is 3.13. The van der Waals surface area contributed by atoms with Crippen molar-refractivity contribution in [2.45, 2.75) is 13.8 Å². The van der Waals surface area contributed by atoms with Crippen LogP contribution in [0.5, 0.6) is 0 Å². The van der Waals surface area contributed by atoms with Gasteiger partial charge in [-0.05, 0) is 49.9 Å². The van der Waals surface area contributed by atoms with E-state index in [9.17, 15) is 14.4 Å². The van der Waals surface area contributed by atoms with Gasteiger partial charge in [-0.25, -0.2) is 0 Å². The first kappa shape index (κ1) is 20.0. The normalized spacial score (nSPS) is 15.4. The van der Waals surface area contributed by atoms with Gasteiger partial charge in [-0.2, -0.15) is 0 Å². The van der Waals surface area contributed by atoms with E-state index < -0.39 is 17.1 Å². The Morgan fingerprint density at radius 2 is 1.77 bits per heavy atom. The van der Waals surface area contributed by atoms with Crippen LogP contribution >= 0.6 is 11.8 Å². The van der Waals surface area contributed by atoms with Gasteiger partial charge in [0, 0.05) is 34.9 Å². The number of aryl methyl sites for hydroxylation is 2. The van der Waals surface area contributed by atoms with Crippen molar-refractivity contribution in [2.75, 3.05) is 11.9 Å². The third-order valence-electron chi connectivity index (χ3n) is 5.23. The van der Waals surface area contributed by atoms with Crippen molar-refractivity contribution in [1.29, 1.82) is 0 Å². The highest BCUT2D eigenvalue weighted by Gasteiger charge is 2.36. The summed E-state index contributed by atoms with van der Waals surface area (Å²) >= 11 is 0.863. The molecule has 2 heterocycles. The first-order valence-electron chi connectivity index (χ1n) is 9.51. The number of thioether (sulfide) groups is 1. The summed E-state index contributed by atoms with van der Waals surface area (Å²) < 4.78 is 2.06. The summed E-state index contributed by atoms with van der Waals surface area (Å²) in [6, 6.07) is 15.2. The number of carbonyl (C=O) groups excluding carboxylic acids is 3. The van der Waals surface area contributed by atoms with Gasteiger partial charge in [-0.1, -0.05) is 35.9 Å². The summed E-state index contributed by atoms with van der Waals surface area (Å²) in [6.07, 6.45) is 1.75. The van der Waals surface area contributed by atoms with Crippen molar-refractivity contribution >= 4 is 51.5 Å². The molecule has 1 N–H and O–H groups in total. The highest BCUT2D eigenvalue weighted by atomic mass is 32.2. The highest BCUT2D eigenvalue weighted by molar-refractivity contribution is 8.18. The van der Waals surface area contributed by atoms with Crippen LogP contribution in [0.25, 0.3) is 17.0 Å². The van der Waals surface area contributed by atoms with Crippen molar-refractivity contribution in [1.82, 2.24) is 9.47 Å². The van der Waals surface area contributed by atoms with Crippen LogP contribution < -0.4 is 5.32 Å². The average molecular weight is 420 g/mol. The second kappa shape index (κ2) is 7.84. The van der Waals surface area contributed by atoms with E-state index in [4.69, 9.17) is 0 Å². The first-order chi connectivity index (χ1) is 14.3. The van der Waals surface area contributed by atoms with E-state index in [0.29, 0.717) is 10.6 Å². The second-order valence-electron chi connectivity index (χ2n) is 7.26. The molecule has 3 aromatic rings. The van der Waals surface area contributed by atoms with Crippen LogP contribution in [0.15, 0.2) is 53.4 Å². The smallest absolute Gasteiger partial charge is 0.294 e. The zero-order valence-electron chi connectivity index (χ0n) is 16.9. The van der Waals surface area contributed by atoms with E-state index in [2.05, 4.69) is 9.88 Å². The van der Waals surface area contributed by atoms with E-state index in [0.717, 1.165) is 44.4 Å². The Balaban J connectivity index is 1.55. The Labute approximate surface area is 178 Å². The number of nitrogens with zero attached hydrogens (tertiary/aromatic N) is 2. The van der Waals surface area contributed by atoms with Crippen molar-refractivity contribution < 1.29 is 14.4 Å². The molecule has 1 aliphatic rings. The molecule has 0 atom stereocenters. The topological polar surface area (TPSA) is 71.4 Å². The van der Waals surface area contributed by atoms with Gasteiger partial charge in [-0.3, -0.25) is 19.3 Å². The Hall–Kier alpha value is -3.32. The molecule has 152 valence electrons. The van der Waals surface area contributed by atoms with Gasteiger partial charge in [0.2, 0.25) is 5.91 Å². The number of fused-ring (bicyclic) bond motifs is 1. The van der Waals surface area contributed by atoms with Crippen molar-refractivity contribution in [3.8, 4) is 0 Å². The molecule has 0 saturated carbocycles. The van der Waals surface area contributed by atoms with E-state index in [-0.39, 0.29) is 6.54 Å². The van der Waals surface area contributed by atoms with Crippen LogP contribution in [0.4, 0.5) is 10.5 Å².